The van der Waals surface area contributed by atoms with Gasteiger partial charge in [-0.25, -0.2) is 12.7 Å². The van der Waals surface area contributed by atoms with Crippen molar-refractivity contribution in [2.45, 2.75) is 25.0 Å². The zero-order valence-corrected chi connectivity index (χ0v) is 14.5. The number of piperidine rings is 1. The number of likely N-dealkylation sites (N-methyl/N-ethyl adjacent to an activating group) is 1. The van der Waals surface area contributed by atoms with E-state index in [2.05, 4.69) is 0 Å². The first-order valence-electron chi connectivity index (χ1n) is 7.80. The predicted molar refractivity (Wildman–Crippen MR) is 88.8 cm³/mol. The Balaban J connectivity index is 1.89. The Morgan fingerprint density at radius 2 is 2.04 bits per heavy atom. The number of likely N-dealkylation sites (tertiary alicyclic amines) is 1. The number of ether oxygens (including phenoxy) is 1. The fourth-order valence-electron chi connectivity index (χ4n) is 2.66. The number of amides is 1. The minimum atomic E-state index is -3.42. The zero-order chi connectivity index (χ0) is 16.9. The molecule has 0 aliphatic carbocycles. The lowest BCUT2D eigenvalue weighted by atomic mass is 10.1. The second kappa shape index (κ2) is 7.79. The number of benzene rings is 1. The van der Waals surface area contributed by atoms with Crippen molar-refractivity contribution in [3.05, 3.63) is 30.3 Å². The molecule has 23 heavy (non-hydrogen) atoms. The summed E-state index contributed by atoms with van der Waals surface area (Å²) >= 11 is 0. The molecule has 0 bridgehead atoms. The van der Waals surface area contributed by atoms with Crippen LogP contribution >= 0.6 is 0 Å². The quantitative estimate of drug-likeness (QED) is 0.784. The van der Waals surface area contributed by atoms with Crippen molar-refractivity contribution >= 4 is 15.9 Å². The molecule has 1 saturated heterocycles. The topological polar surface area (TPSA) is 66.9 Å². The Kier molecular flexibility index (Phi) is 6.01. The van der Waals surface area contributed by atoms with Crippen LogP contribution in [0.1, 0.15) is 19.8 Å². The number of hydrogen-bond donors (Lipinski definition) is 0. The third-order valence-corrected chi connectivity index (χ3v) is 6.38. The van der Waals surface area contributed by atoms with Crippen LogP contribution in [-0.4, -0.2) is 62.1 Å². The summed E-state index contributed by atoms with van der Waals surface area (Å²) in [5.74, 6) is 0.652. The molecule has 6 nitrogen and oxygen atoms in total. The maximum absolute atomic E-state index is 12.6. The SMILES string of the molecule is CC(=O)N1CCC[C@@H](S(=O)(=O)N(C)CCOc2ccccc2)C1. The summed E-state index contributed by atoms with van der Waals surface area (Å²) in [7, 11) is -1.86. The average molecular weight is 340 g/mol. The number of rotatable bonds is 6. The maximum Gasteiger partial charge on any atom is 0.219 e. The van der Waals surface area contributed by atoms with Gasteiger partial charge >= 0.3 is 0 Å². The number of para-hydroxylation sites is 1. The Bertz CT molecular complexity index is 618. The van der Waals surface area contributed by atoms with Crippen LogP contribution in [0.2, 0.25) is 0 Å². The van der Waals surface area contributed by atoms with Crippen LogP contribution in [0.25, 0.3) is 0 Å². The highest BCUT2D eigenvalue weighted by atomic mass is 32.2. The van der Waals surface area contributed by atoms with Crippen molar-refractivity contribution in [2.75, 3.05) is 33.3 Å². The Morgan fingerprint density at radius 3 is 2.70 bits per heavy atom. The van der Waals surface area contributed by atoms with Crippen LogP contribution in [0.4, 0.5) is 0 Å². The normalized spacial score (nSPS) is 18.9. The van der Waals surface area contributed by atoms with Gasteiger partial charge in [0.2, 0.25) is 15.9 Å². The molecule has 0 spiro atoms. The molecule has 1 aromatic rings. The van der Waals surface area contributed by atoms with Crippen LogP contribution in [0.3, 0.4) is 0 Å². The third-order valence-electron chi connectivity index (χ3n) is 4.10. The highest BCUT2D eigenvalue weighted by Gasteiger charge is 2.34. The van der Waals surface area contributed by atoms with Gasteiger partial charge in [0.05, 0.1) is 5.25 Å². The Morgan fingerprint density at radius 1 is 1.35 bits per heavy atom. The molecule has 0 unspecified atom stereocenters. The van der Waals surface area contributed by atoms with E-state index in [4.69, 9.17) is 4.74 Å². The first kappa shape index (κ1) is 17.7. The van der Waals surface area contributed by atoms with Crippen molar-refractivity contribution in [1.82, 2.24) is 9.21 Å². The summed E-state index contributed by atoms with van der Waals surface area (Å²) in [5, 5.41) is -0.526. The number of sulfonamides is 1. The standard InChI is InChI=1S/C16H24N2O4S/c1-14(19)18-10-6-9-16(13-18)23(20,21)17(2)11-12-22-15-7-4-3-5-8-15/h3-5,7-8,16H,6,9-13H2,1-2H3/t16-/m1/s1. The van der Waals surface area contributed by atoms with Gasteiger partial charge in [0.1, 0.15) is 12.4 Å². The molecule has 0 N–H and O–H groups in total. The lowest BCUT2D eigenvalue weighted by Gasteiger charge is -2.33. The molecule has 128 valence electrons. The van der Waals surface area contributed by atoms with E-state index in [9.17, 15) is 13.2 Å². The molecule has 7 heteroatoms. The summed E-state index contributed by atoms with van der Waals surface area (Å²) in [6.07, 6.45) is 1.31. The van der Waals surface area contributed by atoms with Crippen molar-refractivity contribution < 1.29 is 17.9 Å². The van der Waals surface area contributed by atoms with Crippen LogP contribution in [0.5, 0.6) is 5.75 Å². The second-order valence-corrected chi connectivity index (χ2v) is 8.08. The van der Waals surface area contributed by atoms with Crippen LogP contribution < -0.4 is 4.74 Å². The highest BCUT2D eigenvalue weighted by Crippen LogP contribution is 2.20. The molecule has 1 atom stereocenters. The molecule has 1 aromatic carbocycles. The van der Waals surface area contributed by atoms with Crippen LogP contribution in [0, 0.1) is 0 Å². The molecule has 1 aliphatic rings. The van der Waals surface area contributed by atoms with Gasteiger partial charge in [-0.05, 0) is 25.0 Å². The van der Waals surface area contributed by atoms with Crippen molar-refractivity contribution in [3.63, 3.8) is 0 Å². The van der Waals surface area contributed by atoms with Gasteiger partial charge in [-0.1, -0.05) is 18.2 Å². The largest absolute Gasteiger partial charge is 0.492 e. The van der Waals surface area contributed by atoms with Crippen molar-refractivity contribution in [1.29, 1.82) is 0 Å². The first-order chi connectivity index (χ1) is 10.9. The molecule has 0 aromatic heterocycles. The summed E-state index contributed by atoms with van der Waals surface area (Å²) < 4.78 is 32.1. The van der Waals surface area contributed by atoms with E-state index in [1.165, 1.54) is 11.2 Å². The first-order valence-corrected chi connectivity index (χ1v) is 9.30. The van der Waals surface area contributed by atoms with E-state index in [0.717, 1.165) is 12.2 Å². The zero-order valence-electron chi connectivity index (χ0n) is 13.6. The predicted octanol–water partition coefficient (Wildman–Crippen LogP) is 1.34. The minimum Gasteiger partial charge on any atom is -0.492 e. The number of carbonyl (C=O) groups is 1. The van der Waals surface area contributed by atoms with Gasteiger partial charge in [-0.3, -0.25) is 4.79 Å². The van der Waals surface area contributed by atoms with Crippen LogP contribution in [-0.2, 0) is 14.8 Å². The fraction of sp³-hybridized carbons (Fsp3) is 0.562. The molecular formula is C16H24N2O4S. The van der Waals surface area contributed by atoms with E-state index >= 15 is 0 Å². The third kappa shape index (κ3) is 4.68. The Labute approximate surface area is 138 Å². The smallest absolute Gasteiger partial charge is 0.219 e. The Hall–Kier alpha value is -1.60. The molecule has 1 aliphatic heterocycles. The molecule has 2 rings (SSSR count). The molecule has 0 saturated carbocycles. The minimum absolute atomic E-state index is 0.0695. The van der Waals surface area contributed by atoms with E-state index in [-0.39, 0.29) is 19.0 Å². The molecule has 1 fully saturated rings. The lowest BCUT2D eigenvalue weighted by Crippen LogP contribution is -2.48. The average Bonchev–Trinajstić information content (AvgIpc) is 2.55. The maximum atomic E-state index is 12.6. The van der Waals surface area contributed by atoms with Gasteiger partial charge < -0.3 is 9.64 Å². The van der Waals surface area contributed by atoms with E-state index < -0.39 is 15.3 Å². The summed E-state index contributed by atoms with van der Waals surface area (Å²) in [5.41, 5.74) is 0. The van der Waals surface area contributed by atoms with E-state index in [1.807, 2.05) is 30.3 Å². The van der Waals surface area contributed by atoms with Gasteiger partial charge in [0.25, 0.3) is 0 Å². The van der Waals surface area contributed by atoms with Crippen molar-refractivity contribution in [2.24, 2.45) is 0 Å². The summed E-state index contributed by atoms with van der Waals surface area (Å²) in [6, 6.07) is 9.30. The van der Waals surface area contributed by atoms with Crippen LogP contribution in [0.15, 0.2) is 30.3 Å². The van der Waals surface area contributed by atoms with E-state index in [1.54, 1.807) is 11.9 Å². The van der Waals surface area contributed by atoms with Crippen molar-refractivity contribution in [3.8, 4) is 5.75 Å². The summed E-state index contributed by atoms with van der Waals surface area (Å²) in [4.78, 5) is 13.1. The second-order valence-electron chi connectivity index (χ2n) is 5.76. The highest BCUT2D eigenvalue weighted by molar-refractivity contribution is 7.89. The number of carbonyl (C=O) groups excluding carboxylic acids is 1. The number of hydrogen-bond acceptors (Lipinski definition) is 4. The molecule has 0 radical (unpaired) electrons. The van der Waals surface area contributed by atoms with E-state index in [0.29, 0.717) is 19.6 Å². The molecule has 1 amide bonds. The lowest BCUT2D eigenvalue weighted by molar-refractivity contribution is -0.129. The van der Waals surface area contributed by atoms with Gasteiger partial charge in [-0.2, -0.15) is 0 Å². The molecule has 1 heterocycles. The van der Waals surface area contributed by atoms with Gasteiger partial charge in [0, 0.05) is 33.6 Å². The summed E-state index contributed by atoms with van der Waals surface area (Å²) in [6.45, 7) is 2.98. The fourth-order valence-corrected chi connectivity index (χ4v) is 4.33. The molecular weight excluding hydrogens is 316 g/mol. The monoisotopic (exact) mass is 340 g/mol. The van der Waals surface area contributed by atoms with Gasteiger partial charge in [0.15, 0.2) is 0 Å². The van der Waals surface area contributed by atoms with Gasteiger partial charge in [-0.15, -0.1) is 0 Å². The number of nitrogens with zero attached hydrogens (tertiary/aromatic N) is 2.